The smallest absolute Gasteiger partial charge is 0.251 e. The number of benzene rings is 1. The van der Waals surface area contributed by atoms with Gasteiger partial charge in [0.15, 0.2) is 0 Å². The highest BCUT2D eigenvalue weighted by atomic mass is 16.1. The van der Waals surface area contributed by atoms with Gasteiger partial charge in [0.1, 0.15) is 0 Å². The average molecular weight is 289 g/mol. The van der Waals surface area contributed by atoms with Crippen LogP contribution in [0, 0.1) is 0 Å². The number of piperidine rings is 1. The van der Waals surface area contributed by atoms with E-state index in [0.29, 0.717) is 6.54 Å². The number of nitrogens with one attached hydrogen (secondary N) is 1. The molecule has 0 aromatic heterocycles. The van der Waals surface area contributed by atoms with Gasteiger partial charge in [-0.25, -0.2) is 0 Å². The van der Waals surface area contributed by atoms with Crippen molar-refractivity contribution in [3.63, 3.8) is 0 Å². The Kier molecular flexibility index (Phi) is 6.70. The molecule has 1 aromatic carbocycles. The van der Waals surface area contributed by atoms with Gasteiger partial charge in [-0.2, -0.15) is 0 Å². The zero-order valence-electron chi connectivity index (χ0n) is 12.8. The molecule has 0 aliphatic carbocycles. The molecule has 21 heavy (non-hydrogen) atoms. The second-order valence-corrected chi connectivity index (χ2v) is 5.71. The maximum Gasteiger partial charge on any atom is 0.251 e. The lowest BCUT2D eigenvalue weighted by Gasteiger charge is -2.26. The molecule has 0 spiro atoms. The first-order valence-corrected chi connectivity index (χ1v) is 8.10. The van der Waals surface area contributed by atoms with E-state index in [1.807, 2.05) is 24.3 Å². The molecule has 116 valence electrons. The number of carbonyl (C=O) groups is 1. The number of nitrogens with zero attached hydrogens (tertiary/aromatic N) is 1. The molecule has 1 aliphatic heterocycles. The van der Waals surface area contributed by atoms with Crippen LogP contribution in [0.25, 0.3) is 0 Å². The minimum Gasteiger partial charge on any atom is -0.352 e. The molecule has 1 saturated heterocycles. The number of nitrogens with two attached hydrogens (primary N) is 1. The van der Waals surface area contributed by atoms with Crippen molar-refractivity contribution in [2.45, 2.75) is 32.1 Å². The van der Waals surface area contributed by atoms with Crippen LogP contribution in [0.4, 0.5) is 0 Å². The van der Waals surface area contributed by atoms with Gasteiger partial charge in [0.2, 0.25) is 0 Å². The Morgan fingerprint density at radius 2 is 1.95 bits per heavy atom. The number of amides is 1. The topological polar surface area (TPSA) is 58.4 Å². The maximum absolute atomic E-state index is 12.2. The van der Waals surface area contributed by atoms with Crippen molar-refractivity contribution >= 4 is 5.91 Å². The molecule has 1 aliphatic rings. The van der Waals surface area contributed by atoms with Crippen LogP contribution in [0.5, 0.6) is 0 Å². The van der Waals surface area contributed by atoms with Crippen LogP contribution in [0.15, 0.2) is 24.3 Å². The molecule has 2 rings (SSSR count). The Morgan fingerprint density at radius 1 is 1.19 bits per heavy atom. The quantitative estimate of drug-likeness (QED) is 0.753. The van der Waals surface area contributed by atoms with Gasteiger partial charge in [-0.05, 0) is 63.5 Å². The van der Waals surface area contributed by atoms with E-state index in [0.717, 1.165) is 37.1 Å². The molecular formula is C17H27N3O. The van der Waals surface area contributed by atoms with Gasteiger partial charge in [0, 0.05) is 12.1 Å². The van der Waals surface area contributed by atoms with Crippen molar-refractivity contribution in [2.75, 3.05) is 32.7 Å². The van der Waals surface area contributed by atoms with E-state index in [-0.39, 0.29) is 5.91 Å². The summed E-state index contributed by atoms with van der Waals surface area (Å²) >= 11 is 0. The molecule has 0 radical (unpaired) electrons. The molecule has 3 N–H and O–H groups in total. The van der Waals surface area contributed by atoms with Gasteiger partial charge in [-0.3, -0.25) is 4.79 Å². The van der Waals surface area contributed by atoms with Crippen LogP contribution in [-0.4, -0.2) is 43.5 Å². The number of carbonyl (C=O) groups excluding carboxylic acids is 1. The molecule has 1 heterocycles. The zero-order chi connectivity index (χ0) is 14.9. The minimum atomic E-state index is 0.0256. The standard InChI is InChI=1S/C17H27N3O/c18-10-9-15-7-2-3-8-16(15)17(21)19-11-6-14-20-12-4-1-5-13-20/h2-3,7-8H,1,4-6,9-14,18H2,(H,19,21). The third-order valence-corrected chi connectivity index (χ3v) is 4.06. The van der Waals surface area contributed by atoms with Crippen molar-refractivity contribution in [3.8, 4) is 0 Å². The van der Waals surface area contributed by atoms with Crippen LogP contribution in [0.2, 0.25) is 0 Å². The van der Waals surface area contributed by atoms with E-state index in [4.69, 9.17) is 5.73 Å². The van der Waals surface area contributed by atoms with Crippen molar-refractivity contribution in [1.29, 1.82) is 0 Å². The summed E-state index contributed by atoms with van der Waals surface area (Å²) < 4.78 is 0. The van der Waals surface area contributed by atoms with Gasteiger partial charge in [0.25, 0.3) is 5.91 Å². The molecule has 0 bridgehead atoms. The van der Waals surface area contributed by atoms with Crippen LogP contribution < -0.4 is 11.1 Å². The van der Waals surface area contributed by atoms with E-state index in [1.54, 1.807) is 0 Å². The lowest BCUT2D eigenvalue weighted by atomic mass is 10.0. The second-order valence-electron chi connectivity index (χ2n) is 5.71. The van der Waals surface area contributed by atoms with Crippen LogP contribution in [0.3, 0.4) is 0 Å². The molecule has 1 amide bonds. The van der Waals surface area contributed by atoms with Crippen molar-refractivity contribution in [1.82, 2.24) is 10.2 Å². The average Bonchev–Trinajstić information content (AvgIpc) is 2.53. The Balaban J connectivity index is 1.74. The third-order valence-electron chi connectivity index (χ3n) is 4.06. The molecule has 1 fully saturated rings. The molecule has 4 nitrogen and oxygen atoms in total. The predicted molar refractivity (Wildman–Crippen MR) is 86.4 cm³/mol. The molecule has 0 saturated carbocycles. The first kappa shape index (κ1) is 16.0. The van der Waals surface area contributed by atoms with Gasteiger partial charge < -0.3 is 16.0 Å². The summed E-state index contributed by atoms with van der Waals surface area (Å²) in [7, 11) is 0. The number of rotatable bonds is 7. The Hall–Kier alpha value is -1.39. The summed E-state index contributed by atoms with van der Waals surface area (Å²) in [5.41, 5.74) is 7.40. The van der Waals surface area contributed by atoms with Crippen molar-refractivity contribution in [3.05, 3.63) is 35.4 Å². The largest absolute Gasteiger partial charge is 0.352 e. The number of likely N-dealkylation sites (tertiary alicyclic amines) is 1. The molecule has 4 heteroatoms. The summed E-state index contributed by atoms with van der Waals surface area (Å²) in [6.45, 7) is 4.83. The zero-order valence-corrected chi connectivity index (χ0v) is 12.8. The summed E-state index contributed by atoms with van der Waals surface area (Å²) in [6, 6.07) is 7.72. The van der Waals surface area contributed by atoms with Crippen molar-refractivity contribution < 1.29 is 4.79 Å². The molecule has 1 aromatic rings. The van der Waals surface area contributed by atoms with Gasteiger partial charge in [-0.15, -0.1) is 0 Å². The lowest BCUT2D eigenvalue weighted by molar-refractivity contribution is 0.0950. The highest BCUT2D eigenvalue weighted by Crippen LogP contribution is 2.10. The van der Waals surface area contributed by atoms with Crippen LogP contribution in [0.1, 0.15) is 41.6 Å². The lowest BCUT2D eigenvalue weighted by Crippen LogP contribution is -2.33. The summed E-state index contributed by atoms with van der Waals surface area (Å²) in [5.74, 6) is 0.0256. The summed E-state index contributed by atoms with van der Waals surface area (Å²) in [4.78, 5) is 14.7. The normalized spacial score (nSPS) is 15.9. The Bertz CT molecular complexity index is 441. The summed E-state index contributed by atoms with van der Waals surface area (Å²) in [5, 5.41) is 3.03. The monoisotopic (exact) mass is 289 g/mol. The van der Waals surface area contributed by atoms with Gasteiger partial charge >= 0.3 is 0 Å². The Labute approximate surface area is 127 Å². The van der Waals surface area contributed by atoms with E-state index < -0.39 is 0 Å². The van der Waals surface area contributed by atoms with Crippen molar-refractivity contribution in [2.24, 2.45) is 5.73 Å². The fraction of sp³-hybridized carbons (Fsp3) is 0.588. The van der Waals surface area contributed by atoms with Gasteiger partial charge in [0.05, 0.1) is 0 Å². The first-order valence-electron chi connectivity index (χ1n) is 8.10. The van der Waals surface area contributed by atoms with E-state index >= 15 is 0 Å². The number of hydrogen-bond donors (Lipinski definition) is 2. The van der Waals surface area contributed by atoms with E-state index in [2.05, 4.69) is 10.2 Å². The second kappa shape index (κ2) is 8.80. The first-order chi connectivity index (χ1) is 10.3. The molecule has 0 unspecified atom stereocenters. The summed E-state index contributed by atoms with van der Waals surface area (Å²) in [6.07, 6.45) is 5.77. The fourth-order valence-corrected chi connectivity index (χ4v) is 2.90. The number of hydrogen-bond acceptors (Lipinski definition) is 3. The fourth-order valence-electron chi connectivity index (χ4n) is 2.90. The SMILES string of the molecule is NCCc1ccccc1C(=O)NCCCN1CCCCC1. The van der Waals surface area contributed by atoms with Gasteiger partial charge in [-0.1, -0.05) is 24.6 Å². The van der Waals surface area contributed by atoms with Crippen LogP contribution in [-0.2, 0) is 6.42 Å². The molecular weight excluding hydrogens is 262 g/mol. The highest BCUT2D eigenvalue weighted by Gasteiger charge is 2.11. The van der Waals surface area contributed by atoms with Crippen LogP contribution >= 0.6 is 0 Å². The van der Waals surface area contributed by atoms with E-state index in [9.17, 15) is 4.79 Å². The Morgan fingerprint density at radius 3 is 2.71 bits per heavy atom. The minimum absolute atomic E-state index is 0.0256. The highest BCUT2D eigenvalue weighted by molar-refractivity contribution is 5.95. The molecule has 0 atom stereocenters. The predicted octanol–water partition coefficient (Wildman–Crippen LogP) is 1.79. The third kappa shape index (κ3) is 5.14. The maximum atomic E-state index is 12.2. The van der Waals surface area contributed by atoms with E-state index in [1.165, 1.54) is 32.4 Å².